The Kier molecular flexibility index (Phi) is 6.80. The highest BCUT2D eigenvalue weighted by molar-refractivity contribution is 7.99. The molecule has 0 spiro atoms. The van der Waals surface area contributed by atoms with E-state index >= 15 is 0 Å². The van der Waals surface area contributed by atoms with Gasteiger partial charge in [0.15, 0.2) is 0 Å². The van der Waals surface area contributed by atoms with E-state index in [0.29, 0.717) is 6.04 Å². The van der Waals surface area contributed by atoms with Gasteiger partial charge in [-0.25, -0.2) is 0 Å². The number of thioether (sulfide) groups is 1. The SMILES string of the molecule is CCC(C)CSCC(NC)c1cc(C)cc(C)c1. The predicted molar refractivity (Wildman–Crippen MR) is 84.5 cm³/mol. The molecule has 18 heavy (non-hydrogen) atoms. The third kappa shape index (κ3) is 5.03. The zero-order valence-electron chi connectivity index (χ0n) is 12.4. The van der Waals surface area contributed by atoms with Crippen LogP contribution in [0, 0.1) is 19.8 Å². The number of rotatable bonds is 7. The van der Waals surface area contributed by atoms with Crippen molar-refractivity contribution in [2.45, 2.75) is 40.2 Å². The van der Waals surface area contributed by atoms with Gasteiger partial charge in [-0.15, -0.1) is 0 Å². The number of aryl methyl sites for hydroxylation is 2. The molecule has 0 amide bonds. The van der Waals surface area contributed by atoms with Gasteiger partial charge in [-0.1, -0.05) is 49.6 Å². The fraction of sp³-hybridized carbons (Fsp3) is 0.625. The van der Waals surface area contributed by atoms with E-state index in [1.165, 1.54) is 28.9 Å². The average Bonchev–Trinajstić information content (AvgIpc) is 2.33. The van der Waals surface area contributed by atoms with Gasteiger partial charge in [0.1, 0.15) is 0 Å². The van der Waals surface area contributed by atoms with Crippen LogP contribution >= 0.6 is 11.8 Å². The van der Waals surface area contributed by atoms with Gasteiger partial charge in [-0.2, -0.15) is 11.8 Å². The largest absolute Gasteiger partial charge is 0.312 e. The van der Waals surface area contributed by atoms with Crippen molar-refractivity contribution in [2.24, 2.45) is 5.92 Å². The molecular formula is C16H27NS. The molecule has 0 aliphatic heterocycles. The monoisotopic (exact) mass is 265 g/mol. The Morgan fingerprint density at radius 2 is 1.72 bits per heavy atom. The highest BCUT2D eigenvalue weighted by Crippen LogP contribution is 2.22. The molecule has 2 unspecified atom stereocenters. The van der Waals surface area contributed by atoms with Gasteiger partial charge in [0.25, 0.3) is 0 Å². The zero-order valence-corrected chi connectivity index (χ0v) is 13.2. The first-order valence-corrected chi connectivity index (χ1v) is 8.05. The molecule has 1 rings (SSSR count). The first-order chi connectivity index (χ1) is 8.56. The standard InChI is InChI=1S/C16H27NS/c1-6-12(2)10-18-11-16(17-5)15-8-13(3)7-14(4)9-15/h7-9,12,16-17H,6,10-11H2,1-5H3. The second-order valence-electron chi connectivity index (χ2n) is 5.31. The van der Waals surface area contributed by atoms with E-state index in [1.807, 2.05) is 0 Å². The van der Waals surface area contributed by atoms with Crippen LogP contribution in [0.15, 0.2) is 18.2 Å². The molecule has 1 aromatic carbocycles. The normalized spacial score (nSPS) is 14.5. The molecule has 0 saturated carbocycles. The highest BCUT2D eigenvalue weighted by atomic mass is 32.2. The van der Waals surface area contributed by atoms with E-state index in [-0.39, 0.29) is 0 Å². The molecular weight excluding hydrogens is 238 g/mol. The van der Waals surface area contributed by atoms with Crippen molar-refractivity contribution >= 4 is 11.8 Å². The molecule has 2 heteroatoms. The summed E-state index contributed by atoms with van der Waals surface area (Å²) >= 11 is 2.06. The maximum absolute atomic E-state index is 3.44. The molecule has 0 fully saturated rings. The summed E-state index contributed by atoms with van der Waals surface area (Å²) in [6.07, 6.45) is 1.28. The molecule has 1 N–H and O–H groups in total. The summed E-state index contributed by atoms with van der Waals surface area (Å²) in [6, 6.07) is 7.32. The summed E-state index contributed by atoms with van der Waals surface area (Å²) in [5.74, 6) is 3.25. The van der Waals surface area contributed by atoms with Crippen molar-refractivity contribution in [3.05, 3.63) is 34.9 Å². The van der Waals surface area contributed by atoms with Crippen molar-refractivity contribution < 1.29 is 0 Å². The van der Waals surface area contributed by atoms with Gasteiger partial charge >= 0.3 is 0 Å². The van der Waals surface area contributed by atoms with Crippen LogP contribution in [0.3, 0.4) is 0 Å². The van der Waals surface area contributed by atoms with E-state index in [2.05, 4.69) is 70.0 Å². The van der Waals surface area contributed by atoms with Gasteiger partial charge in [0.05, 0.1) is 0 Å². The van der Waals surface area contributed by atoms with Crippen LogP contribution in [0.2, 0.25) is 0 Å². The molecule has 0 saturated heterocycles. The first-order valence-electron chi connectivity index (χ1n) is 6.90. The molecule has 2 atom stereocenters. The Morgan fingerprint density at radius 3 is 2.22 bits per heavy atom. The quantitative estimate of drug-likeness (QED) is 0.787. The second-order valence-corrected chi connectivity index (χ2v) is 6.39. The van der Waals surface area contributed by atoms with Crippen LogP contribution in [0.4, 0.5) is 0 Å². The molecule has 1 aromatic rings. The van der Waals surface area contributed by atoms with Crippen LogP contribution in [-0.4, -0.2) is 18.6 Å². The molecule has 0 heterocycles. The lowest BCUT2D eigenvalue weighted by Crippen LogP contribution is -2.19. The molecule has 0 aromatic heterocycles. The summed E-state index contributed by atoms with van der Waals surface area (Å²) in [7, 11) is 2.06. The minimum Gasteiger partial charge on any atom is -0.312 e. The Hall–Kier alpha value is -0.470. The smallest absolute Gasteiger partial charge is 0.0409 e. The lowest BCUT2D eigenvalue weighted by Gasteiger charge is -2.18. The minimum absolute atomic E-state index is 0.470. The lowest BCUT2D eigenvalue weighted by molar-refractivity contribution is 0.630. The Balaban J connectivity index is 2.59. The van der Waals surface area contributed by atoms with Gasteiger partial charge in [0.2, 0.25) is 0 Å². The van der Waals surface area contributed by atoms with Crippen molar-refractivity contribution in [1.29, 1.82) is 0 Å². The summed E-state index contributed by atoms with van der Waals surface area (Å²) in [5.41, 5.74) is 4.14. The van der Waals surface area contributed by atoms with E-state index in [4.69, 9.17) is 0 Å². The fourth-order valence-corrected chi connectivity index (χ4v) is 3.43. The molecule has 0 bridgehead atoms. The minimum atomic E-state index is 0.470. The van der Waals surface area contributed by atoms with Crippen molar-refractivity contribution in [1.82, 2.24) is 5.32 Å². The topological polar surface area (TPSA) is 12.0 Å². The molecule has 1 nitrogen and oxygen atoms in total. The van der Waals surface area contributed by atoms with Gasteiger partial charge in [0, 0.05) is 11.8 Å². The van der Waals surface area contributed by atoms with Gasteiger partial charge < -0.3 is 5.32 Å². The van der Waals surface area contributed by atoms with Crippen LogP contribution in [0.25, 0.3) is 0 Å². The van der Waals surface area contributed by atoms with Gasteiger partial charge in [-0.3, -0.25) is 0 Å². The zero-order chi connectivity index (χ0) is 13.5. The predicted octanol–water partition coefficient (Wildman–Crippen LogP) is 4.34. The van der Waals surface area contributed by atoms with Crippen LogP contribution in [-0.2, 0) is 0 Å². The molecule has 0 radical (unpaired) electrons. The van der Waals surface area contributed by atoms with E-state index in [0.717, 1.165) is 11.7 Å². The molecule has 102 valence electrons. The highest BCUT2D eigenvalue weighted by Gasteiger charge is 2.10. The molecule has 0 aliphatic rings. The lowest BCUT2D eigenvalue weighted by atomic mass is 10.0. The number of hydrogen-bond donors (Lipinski definition) is 1. The Bertz CT molecular complexity index is 342. The van der Waals surface area contributed by atoms with Crippen LogP contribution in [0.1, 0.15) is 43.0 Å². The average molecular weight is 265 g/mol. The maximum atomic E-state index is 3.44. The van der Waals surface area contributed by atoms with E-state index in [9.17, 15) is 0 Å². The van der Waals surface area contributed by atoms with Crippen molar-refractivity contribution in [3.63, 3.8) is 0 Å². The van der Waals surface area contributed by atoms with Gasteiger partial charge in [-0.05, 0) is 38.1 Å². The summed E-state index contributed by atoms with van der Waals surface area (Å²) in [4.78, 5) is 0. The third-order valence-electron chi connectivity index (χ3n) is 3.38. The number of benzene rings is 1. The Labute approximate surface area is 117 Å². The third-order valence-corrected chi connectivity index (χ3v) is 4.75. The maximum Gasteiger partial charge on any atom is 0.0409 e. The summed E-state index contributed by atoms with van der Waals surface area (Å²) in [6.45, 7) is 8.95. The first kappa shape index (κ1) is 15.6. The van der Waals surface area contributed by atoms with E-state index < -0.39 is 0 Å². The van der Waals surface area contributed by atoms with Crippen molar-refractivity contribution in [3.8, 4) is 0 Å². The number of nitrogens with one attached hydrogen (secondary N) is 1. The second kappa shape index (κ2) is 7.85. The van der Waals surface area contributed by atoms with Crippen LogP contribution in [0.5, 0.6) is 0 Å². The molecule has 0 aliphatic carbocycles. The van der Waals surface area contributed by atoms with E-state index in [1.54, 1.807) is 0 Å². The Morgan fingerprint density at radius 1 is 1.11 bits per heavy atom. The summed E-state index contributed by atoms with van der Waals surface area (Å²) < 4.78 is 0. The van der Waals surface area contributed by atoms with Crippen LogP contribution < -0.4 is 5.32 Å². The summed E-state index contributed by atoms with van der Waals surface area (Å²) in [5, 5.41) is 3.44. The fourth-order valence-electron chi connectivity index (χ4n) is 2.06. The van der Waals surface area contributed by atoms with Crippen molar-refractivity contribution in [2.75, 3.05) is 18.6 Å². The number of hydrogen-bond acceptors (Lipinski definition) is 2.